The quantitative estimate of drug-likeness (QED) is 0.323. The molecule has 0 amide bonds. The van der Waals surface area contributed by atoms with E-state index in [1.165, 1.54) is 0 Å². The molecule has 55 valence electrons. The van der Waals surface area contributed by atoms with Gasteiger partial charge in [-0.1, -0.05) is 6.58 Å². The smallest absolute Gasteiger partial charge is 0.333 e. The zero-order chi connectivity index (χ0) is 7.56. The lowest BCUT2D eigenvalue weighted by Crippen LogP contribution is -2.09. The van der Waals surface area contributed by atoms with Gasteiger partial charge in [-0.25, -0.2) is 4.79 Å². The average molecular weight is 141 g/mol. The lowest BCUT2D eigenvalue weighted by Gasteiger charge is -1.99. The number of esters is 1. The van der Waals surface area contributed by atoms with Crippen LogP contribution in [0.25, 0.3) is 0 Å². The van der Waals surface area contributed by atoms with Crippen molar-refractivity contribution >= 4 is 5.97 Å². The minimum atomic E-state index is -0.449. The Labute approximate surface area is 59.6 Å². The van der Waals surface area contributed by atoms with Crippen LogP contribution < -0.4 is 0 Å². The fourth-order valence-corrected chi connectivity index (χ4v) is 0.435. The fraction of sp³-hybridized carbons (Fsp3) is 0.429. The monoisotopic (exact) mass is 141 g/mol. The molecule has 1 saturated heterocycles. The Morgan fingerprint density at radius 2 is 2.40 bits per heavy atom. The van der Waals surface area contributed by atoms with E-state index in [9.17, 15) is 4.79 Å². The number of carbonyl (C=O) groups is 1. The molecule has 1 fully saturated rings. The zero-order valence-electron chi connectivity index (χ0n) is 5.63. The van der Waals surface area contributed by atoms with Gasteiger partial charge >= 0.3 is 5.97 Å². The summed E-state index contributed by atoms with van der Waals surface area (Å²) in [6, 6.07) is 0. The topological polar surface area (TPSA) is 38.8 Å². The number of ether oxygens (including phenoxy) is 2. The average Bonchev–Trinajstić information content (AvgIpc) is 2.64. The number of rotatable bonds is 3. The molecule has 1 radical (unpaired) electrons. The minimum absolute atomic E-state index is 0.114. The first-order valence-corrected chi connectivity index (χ1v) is 2.99. The molecule has 10 heavy (non-hydrogen) atoms. The van der Waals surface area contributed by atoms with E-state index in [2.05, 4.69) is 13.5 Å². The summed E-state index contributed by atoms with van der Waals surface area (Å²) in [5.41, 5.74) is 0.181. The molecule has 1 aliphatic rings. The minimum Gasteiger partial charge on any atom is -0.459 e. The lowest BCUT2D eigenvalue weighted by atomic mass is 10.4. The predicted molar refractivity (Wildman–Crippen MR) is 35.2 cm³/mol. The van der Waals surface area contributed by atoms with Gasteiger partial charge < -0.3 is 9.47 Å². The third kappa shape index (κ3) is 2.19. The molecular weight excluding hydrogens is 132 g/mol. The van der Waals surface area contributed by atoms with Crippen molar-refractivity contribution in [2.75, 3.05) is 13.2 Å². The van der Waals surface area contributed by atoms with Crippen LogP contribution >= 0.6 is 0 Å². The van der Waals surface area contributed by atoms with Crippen LogP contribution in [0.4, 0.5) is 0 Å². The van der Waals surface area contributed by atoms with Crippen LogP contribution in [0.15, 0.2) is 12.2 Å². The molecule has 0 spiro atoms. The summed E-state index contributed by atoms with van der Waals surface area (Å²) in [5, 5.41) is 0. The van der Waals surface area contributed by atoms with Gasteiger partial charge in [0.2, 0.25) is 0 Å². The van der Waals surface area contributed by atoms with Crippen molar-refractivity contribution in [3.63, 3.8) is 0 Å². The highest BCUT2D eigenvalue weighted by Crippen LogP contribution is 2.09. The lowest BCUT2D eigenvalue weighted by molar-refractivity contribution is -0.139. The van der Waals surface area contributed by atoms with Crippen LogP contribution in [0.2, 0.25) is 0 Å². The molecule has 3 nitrogen and oxygen atoms in total. The van der Waals surface area contributed by atoms with Crippen LogP contribution in [-0.4, -0.2) is 25.3 Å². The van der Waals surface area contributed by atoms with Gasteiger partial charge in [-0.15, -0.1) is 0 Å². The Kier molecular flexibility index (Phi) is 2.06. The van der Waals surface area contributed by atoms with E-state index in [1.54, 1.807) is 0 Å². The first-order valence-electron chi connectivity index (χ1n) is 2.99. The second kappa shape index (κ2) is 2.84. The number of epoxide rings is 1. The third-order valence-electron chi connectivity index (χ3n) is 1.09. The van der Waals surface area contributed by atoms with Gasteiger partial charge in [-0.05, 0) is 6.92 Å². The van der Waals surface area contributed by atoms with E-state index < -0.39 is 5.97 Å². The predicted octanol–water partition coefficient (Wildman–Crippen LogP) is 0.319. The molecule has 0 aromatic rings. The third-order valence-corrected chi connectivity index (χ3v) is 1.09. The molecule has 1 atom stereocenters. The molecule has 1 rings (SSSR count). The molecule has 0 aromatic carbocycles. The van der Waals surface area contributed by atoms with E-state index in [0.717, 1.165) is 0 Å². The van der Waals surface area contributed by atoms with Crippen molar-refractivity contribution in [3.8, 4) is 0 Å². The Morgan fingerprint density at radius 1 is 1.80 bits per heavy atom. The molecule has 1 unspecified atom stereocenters. The number of carbonyl (C=O) groups excluding carboxylic acids is 1. The zero-order valence-corrected chi connectivity index (χ0v) is 5.63. The molecule has 0 aromatic heterocycles. The van der Waals surface area contributed by atoms with Crippen molar-refractivity contribution in [3.05, 3.63) is 19.1 Å². The van der Waals surface area contributed by atoms with Crippen LogP contribution in [0.5, 0.6) is 0 Å². The number of hydrogen-bond acceptors (Lipinski definition) is 3. The molecular formula is C7H9O3. The van der Waals surface area contributed by atoms with Crippen molar-refractivity contribution in [1.82, 2.24) is 0 Å². The van der Waals surface area contributed by atoms with Crippen LogP contribution in [0.3, 0.4) is 0 Å². The van der Waals surface area contributed by atoms with Crippen LogP contribution in [-0.2, 0) is 14.3 Å². The van der Waals surface area contributed by atoms with E-state index in [4.69, 9.17) is 9.47 Å². The molecule has 3 heteroatoms. The van der Waals surface area contributed by atoms with Crippen molar-refractivity contribution < 1.29 is 14.3 Å². The summed E-state index contributed by atoms with van der Waals surface area (Å²) in [6.45, 7) is 7.67. The summed E-state index contributed by atoms with van der Waals surface area (Å²) < 4.78 is 9.51. The summed E-state index contributed by atoms with van der Waals surface area (Å²) in [6.07, 6.45) is 0.114. The van der Waals surface area contributed by atoms with Crippen LogP contribution in [0.1, 0.15) is 0 Å². The normalized spacial score (nSPS) is 21.9. The maximum Gasteiger partial charge on any atom is 0.333 e. The van der Waals surface area contributed by atoms with E-state index in [0.29, 0.717) is 13.2 Å². The van der Waals surface area contributed by atoms with Gasteiger partial charge in [-0.3, -0.25) is 0 Å². The molecule has 1 heterocycles. The van der Waals surface area contributed by atoms with E-state index >= 15 is 0 Å². The van der Waals surface area contributed by atoms with Gasteiger partial charge in [0.05, 0.1) is 6.61 Å². The SMILES string of the molecule is [CH2]C(=C)C(=O)OCC1CO1. The standard InChI is InChI=1S/C7H9O3/c1-5(2)7(8)10-4-6-3-9-6/h6H,1-4H2. The Bertz CT molecular complexity index is 158. The second-order valence-corrected chi connectivity index (χ2v) is 2.16. The summed E-state index contributed by atoms with van der Waals surface area (Å²) in [4.78, 5) is 10.6. The van der Waals surface area contributed by atoms with E-state index in [1.807, 2.05) is 0 Å². The Balaban J connectivity index is 2.11. The Hall–Kier alpha value is -0.830. The molecule has 0 aliphatic carbocycles. The van der Waals surface area contributed by atoms with Crippen LogP contribution in [0, 0.1) is 6.92 Å². The highest BCUT2D eigenvalue weighted by molar-refractivity contribution is 5.88. The summed E-state index contributed by atoms with van der Waals surface area (Å²) in [5.74, 6) is -0.449. The molecule has 0 N–H and O–H groups in total. The van der Waals surface area contributed by atoms with Gasteiger partial charge in [0.1, 0.15) is 12.7 Å². The summed E-state index contributed by atoms with van der Waals surface area (Å²) in [7, 11) is 0. The Morgan fingerprint density at radius 3 is 2.80 bits per heavy atom. The highest BCUT2D eigenvalue weighted by atomic mass is 16.6. The first-order chi connectivity index (χ1) is 4.70. The van der Waals surface area contributed by atoms with Crippen molar-refractivity contribution in [1.29, 1.82) is 0 Å². The van der Waals surface area contributed by atoms with Crippen molar-refractivity contribution in [2.45, 2.75) is 6.10 Å². The number of hydrogen-bond donors (Lipinski definition) is 0. The van der Waals surface area contributed by atoms with Gasteiger partial charge in [-0.2, -0.15) is 0 Å². The van der Waals surface area contributed by atoms with Crippen molar-refractivity contribution in [2.24, 2.45) is 0 Å². The molecule has 0 bridgehead atoms. The molecule has 1 aliphatic heterocycles. The van der Waals surface area contributed by atoms with Gasteiger partial charge in [0.25, 0.3) is 0 Å². The largest absolute Gasteiger partial charge is 0.459 e. The maximum absolute atomic E-state index is 10.6. The summed E-state index contributed by atoms with van der Waals surface area (Å²) >= 11 is 0. The maximum atomic E-state index is 10.6. The van der Waals surface area contributed by atoms with Gasteiger partial charge in [0, 0.05) is 5.57 Å². The molecule has 0 saturated carbocycles. The fourth-order valence-electron chi connectivity index (χ4n) is 0.435. The second-order valence-electron chi connectivity index (χ2n) is 2.16. The van der Waals surface area contributed by atoms with E-state index in [-0.39, 0.29) is 11.7 Å². The highest BCUT2D eigenvalue weighted by Gasteiger charge is 2.24. The first kappa shape index (κ1) is 7.28. The van der Waals surface area contributed by atoms with Gasteiger partial charge in [0.15, 0.2) is 0 Å².